The van der Waals surface area contributed by atoms with E-state index in [0.29, 0.717) is 5.56 Å². The summed E-state index contributed by atoms with van der Waals surface area (Å²) in [6, 6.07) is 7.21. The smallest absolute Gasteiger partial charge is 0.408 e. The number of halogens is 1. The van der Waals surface area contributed by atoms with E-state index in [9.17, 15) is 18.8 Å². The van der Waals surface area contributed by atoms with Crippen LogP contribution >= 0.6 is 0 Å². The Kier molecular flexibility index (Phi) is 8.26. The van der Waals surface area contributed by atoms with Crippen LogP contribution < -0.4 is 14.8 Å². The van der Waals surface area contributed by atoms with Crippen molar-refractivity contribution in [1.82, 2.24) is 5.32 Å². The van der Waals surface area contributed by atoms with E-state index >= 15 is 0 Å². The van der Waals surface area contributed by atoms with E-state index in [4.69, 9.17) is 18.9 Å². The van der Waals surface area contributed by atoms with Gasteiger partial charge >= 0.3 is 12.1 Å². The number of nitrogens with one attached hydrogen (secondary N) is 1. The molecule has 8 nitrogen and oxygen atoms in total. The molecule has 0 saturated heterocycles. The van der Waals surface area contributed by atoms with Gasteiger partial charge in [-0.2, -0.15) is 0 Å². The van der Waals surface area contributed by atoms with Crippen LogP contribution in [0.5, 0.6) is 11.5 Å². The molecule has 0 radical (unpaired) electrons. The topological polar surface area (TPSA) is 100 Å². The summed E-state index contributed by atoms with van der Waals surface area (Å²) in [5, 5.41) is 2.51. The van der Waals surface area contributed by atoms with Gasteiger partial charge < -0.3 is 24.3 Å². The van der Waals surface area contributed by atoms with Gasteiger partial charge in [-0.3, -0.25) is 4.79 Å². The highest BCUT2D eigenvalue weighted by atomic mass is 19.1. The Morgan fingerprint density at radius 3 is 2.15 bits per heavy atom. The maximum absolute atomic E-state index is 14.8. The van der Waals surface area contributed by atoms with Crippen LogP contribution in [0.25, 0.3) is 11.1 Å². The van der Waals surface area contributed by atoms with Crippen molar-refractivity contribution in [3.05, 3.63) is 47.8 Å². The van der Waals surface area contributed by atoms with Crippen molar-refractivity contribution in [2.45, 2.75) is 58.8 Å². The molecular formula is C25H30FNO7. The number of benzene rings is 2. The SMILES string of the molecule is COc1ccc(-c2cc(C(NC(=O)OC(C)(C)C)C(=O)OC(C)(C)C)ccc2F)cc1OC=O. The lowest BCUT2D eigenvalue weighted by molar-refractivity contribution is -0.157. The van der Waals surface area contributed by atoms with Gasteiger partial charge in [-0.05, 0) is 76.9 Å². The van der Waals surface area contributed by atoms with Crippen molar-refractivity contribution >= 4 is 18.5 Å². The average Bonchev–Trinajstić information content (AvgIpc) is 2.70. The minimum Gasteiger partial charge on any atom is -0.493 e. The largest absolute Gasteiger partial charge is 0.493 e. The monoisotopic (exact) mass is 475 g/mol. The summed E-state index contributed by atoms with van der Waals surface area (Å²) in [6.45, 7) is 10.4. The normalized spacial score (nSPS) is 12.4. The quantitative estimate of drug-likeness (QED) is 0.447. The first-order valence-corrected chi connectivity index (χ1v) is 10.5. The summed E-state index contributed by atoms with van der Waals surface area (Å²) in [6.07, 6.45) is -0.833. The molecule has 1 amide bonds. The zero-order valence-corrected chi connectivity index (χ0v) is 20.4. The molecule has 184 valence electrons. The number of hydrogen-bond donors (Lipinski definition) is 1. The average molecular weight is 476 g/mol. The Morgan fingerprint density at radius 2 is 1.59 bits per heavy atom. The number of amides is 1. The molecule has 0 heterocycles. The van der Waals surface area contributed by atoms with Crippen molar-refractivity contribution in [3.8, 4) is 22.6 Å². The molecule has 1 unspecified atom stereocenters. The second-order valence-electron chi connectivity index (χ2n) is 9.43. The van der Waals surface area contributed by atoms with Crippen molar-refractivity contribution in [2.75, 3.05) is 7.11 Å². The molecule has 0 saturated carbocycles. The Morgan fingerprint density at radius 1 is 0.941 bits per heavy atom. The fourth-order valence-corrected chi connectivity index (χ4v) is 3.00. The first-order valence-electron chi connectivity index (χ1n) is 10.5. The van der Waals surface area contributed by atoms with Crippen molar-refractivity contribution < 1.29 is 37.7 Å². The van der Waals surface area contributed by atoms with Crippen LogP contribution in [-0.2, 0) is 19.1 Å². The first-order chi connectivity index (χ1) is 15.7. The van der Waals surface area contributed by atoms with Gasteiger partial charge in [0.1, 0.15) is 17.0 Å². The van der Waals surface area contributed by atoms with E-state index in [-0.39, 0.29) is 29.1 Å². The van der Waals surface area contributed by atoms with Gasteiger partial charge in [0.2, 0.25) is 0 Å². The Balaban J connectivity index is 2.52. The van der Waals surface area contributed by atoms with Crippen molar-refractivity contribution in [2.24, 2.45) is 0 Å². The van der Waals surface area contributed by atoms with E-state index in [2.05, 4.69) is 5.32 Å². The Labute approximate surface area is 198 Å². The van der Waals surface area contributed by atoms with Crippen LogP contribution in [0.3, 0.4) is 0 Å². The van der Waals surface area contributed by atoms with E-state index in [0.717, 1.165) is 0 Å². The molecule has 0 aliphatic carbocycles. The molecule has 1 atom stereocenters. The summed E-state index contributed by atoms with van der Waals surface area (Å²) < 4.78 is 35.6. The van der Waals surface area contributed by atoms with Crippen LogP contribution in [0, 0.1) is 5.82 Å². The highest BCUT2D eigenvalue weighted by Gasteiger charge is 2.30. The molecule has 2 rings (SSSR count). The third kappa shape index (κ3) is 7.47. The number of carbonyl (C=O) groups is 3. The van der Waals surface area contributed by atoms with Crippen LogP contribution in [0.4, 0.5) is 9.18 Å². The fourth-order valence-electron chi connectivity index (χ4n) is 3.00. The van der Waals surface area contributed by atoms with Crippen molar-refractivity contribution in [1.29, 1.82) is 0 Å². The molecule has 9 heteroatoms. The fraction of sp³-hybridized carbons (Fsp3) is 0.400. The predicted octanol–water partition coefficient (Wildman–Crippen LogP) is 4.94. The minimum atomic E-state index is -1.27. The lowest BCUT2D eigenvalue weighted by atomic mass is 9.98. The molecule has 1 N–H and O–H groups in total. The molecule has 0 aromatic heterocycles. The number of methoxy groups -OCH3 is 1. The third-order valence-electron chi connectivity index (χ3n) is 4.28. The molecule has 2 aromatic rings. The molecule has 0 aliphatic rings. The van der Waals surface area contributed by atoms with Gasteiger partial charge in [-0.15, -0.1) is 0 Å². The molecule has 0 spiro atoms. The van der Waals surface area contributed by atoms with E-state index < -0.39 is 35.1 Å². The van der Waals surface area contributed by atoms with Crippen LogP contribution in [0.2, 0.25) is 0 Å². The predicted molar refractivity (Wildman–Crippen MR) is 123 cm³/mol. The molecule has 0 fully saturated rings. The summed E-state index contributed by atoms with van der Waals surface area (Å²) in [7, 11) is 1.40. The van der Waals surface area contributed by atoms with Crippen LogP contribution in [0.15, 0.2) is 36.4 Å². The van der Waals surface area contributed by atoms with E-state index in [1.54, 1.807) is 47.6 Å². The lowest BCUT2D eigenvalue weighted by Gasteiger charge is -2.26. The van der Waals surface area contributed by atoms with E-state index in [1.165, 1.54) is 37.4 Å². The number of hydrogen-bond acceptors (Lipinski definition) is 7. The molecule has 2 aromatic carbocycles. The van der Waals surface area contributed by atoms with Crippen LogP contribution in [0.1, 0.15) is 53.1 Å². The van der Waals surface area contributed by atoms with Gasteiger partial charge in [-0.25, -0.2) is 14.0 Å². The summed E-state index contributed by atoms with van der Waals surface area (Å²) in [4.78, 5) is 36.2. The number of carbonyl (C=O) groups excluding carboxylic acids is 3. The molecular weight excluding hydrogens is 445 g/mol. The van der Waals surface area contributed by atoms with E-state index in [1.807, 2.05) is 0 Å². The zero-order chi connectivity index (χ0) is 25.7. The van der Waals surface area contributed by atoms with Gasteiger partial charge in [0.05, 0.1) is 7.11 Å². The van der Waals surface area contributed by atoms with Crippen molar-refractivity contribution in [3.63, 3.8) is 0 Å². The maximum atomic E-state index is 14.8. The number of ether oxygens (including phenoxy) is 4. The molecule has 0 bridgehead atoms. The maximum Gasteiger partial charge on any atom is 0.408 e. The second kappa shape index (κ2) is 10.5. The molecule has 34 heavy (non-hydrogen) atoms. The Hall–Kier alpha value is -3.62. The highest BCUT2D eigenvalue weighted by molar-refractivity contribution is 5.84. The summed E-state index contributed by atoms with van der Waals surface area (Å²) in [5.74, 6) is -0.956. The second-order valence-corrected chi connectivity index (χ2v) is 9.43. The molecule has 0 aliphatic heterocycles. The number of rotatable bonds is 7. The third-order valence-corrected chi connectivity index (χ3v) is 4.28. The summed E-state index contributed by atoms with van der Waals surface area (Å²) in [5.41, 5.74) is -0.891. The number of esters is 1. The highest BCUT2D eigenvalue weighted by Crippen LogP contribution is 2.34. The first kappa shape index (κ1) is 26.6. The van der Waals surface area contributed by atoms with Gasteiger partial charge in [-0.1, -0.05) is 12.1 Å². The van der Waals surface area contributed by atoms with Gasteiger partial charge in [0.25, 0.3) is 6.47 Å². The Bertz CT molecular complexity index is 1050. The standard InChI is InChI=1S/C25H30FNO7/c1-24(2,3)33-22(29)21(27-23(30)34-25(4,5)6)16-8-10-18(26)17(12-16)15-9-11-19(31-7)20(13-15)32-14-28/h8-14,21H,1-7H3,(H,27,30). The van der Waals surface area contributed by atoms with Gasteiger partial charge in [0.15, 0.2) is 17.5 Å². The number of alkyl carbamates (subject to hydrolysis) is 1. The minimum absolute atomic E-state index is 0.0929. The van der Waals surface area contributed by atoms with Crippen LogP contribution in [-0.4, -0.2) is 36.8 Å². The lowest BCUT2D eigenvalue weighted by Crippen LogP contribution is -2.40. The van der Waals surface area contributed by atoms with Gasteiger partial charge in [0, 0.05) is 5.56 Å². The summed E-state index contributed by atoms with van der Waals surface area (Å²) >= 11 is 0. The zero-order valence-electron chi connectivity index (χ0n) is 20.4.